The maximum atomic E-state index is 12.8. The SMILES string of the molecule is N#Cc1ccc(OCC(=O)NNC(=O)c2cn(Cc3ccccc3)c3ccccc23)cc1. The van der Waals surface area contributed by atoms with Gasteiger partial charge >= 0.3 is 0 Å². The molecule has 0 atom stereocenters. The van der Waals surface area contributed by atoms with Crippen LogP contribution in [-0.4, -0.2) is 23.0 Å². The van der Waals surface area contributed by atoms with E-state index < -0.39 is 11.8 Å². The number of ether oxygens (including phenoxy) is 1. The summed E-state index contributed by atoms with van der Waals surface area (Å²) in [5.41, 5.74) is 7.83. The first-order valence-corrected chi connectivity index (χ1v) is 9.98. The molecule has 1 aromatic heterocycles. The lowest BCUT2D eigenvalue weighted by atomic mass is 10.2. The molecule has 2 N–H and O–H groups in total. The second kappa shape index (κ2) is 9.49. The Balaban J connectivity index is 1.40. The van der Waals surface area contributed by atoms with Gasteiger partial charge < -0.3 is 9.30 Å². The molecule has 4 rings (SSSR count). The minimum Gasteiger partial charge on any atom is -0.484 e. The highest BCUT2D eigenvalue weighted by molar-refractivity contribution is 6.07. The van der Waals surface area contributed by atoms with Gasteiger partial charge in [-0.3, -0.25) is 20.4 Å². The molecule has 1 heterocycles. The third kappa shape index (κ3) is 4.77. The zero-order valence-electron chi connectivity index (χ0n) is 17.1. The maximum absolute atomic E-state index is 12.8. The molecule has 0 aliphatic rings. The van der Waals surface area contributed by atoms with Gasteiger partial charge in [-0.25, -0.2) is 0 Å². The predicted octanol–water partition coefficient (Wildman–Crippen LogP) is 3.40. The molecule has 0 fully saturated rings. The highest BCUT2D eigenvalue weighted by atomic mass is 16.5. The third-order valence-corrected chi connectivity index (χ3v) is 4.90. The van der Waals surface area contributed by atoms with Crippen LogP contribution in [0, 0.1) is 11.3 Å². The average Bonchev–Trinajstić information content (AvgIpc) is 3.20. The van der Waals surface area contributed by atoms with Crippen molar-refractivity contribution in [2.75, 3.05) is 6.61 Å². The molecular weight excluding hydrogens is 404 g/mol. The van der Waals surface area contributed by atoms with Crippen LogP contribution in [0.3, 0.4) is 0 Å². The number of amides is 2. The van der Waals surface area contributed by atoms with E-state index in [1.165, 1.54) is 0 Å². The number of hydrazine groups is 1. The number of rotatable bonds is 6. The summed E-state index contributed by atoms with van der Waals surface area (Å²) in [4.78, 5) is 24.8. The normalized spacial score (nSPS) is 10.3. The number of carbonyl (C=O) groups is 2. The standard InChI is InChI=1S/C25H20N4O3/c26-14-18-10-12-20(13-11-18)32-17-24(30)27-28-25(31)22-16-29(15-19-6-2-1-3-7-19)23-9-5-4-8-21(22)23/h1-13,16H,15,17H2,(H,27,30)(H,28,31). The van der Waals surface area contributed by atoms with E-state index in [0.29, 0.717) is 23.4 Å². The van der Waals surface area contributed by atoms with Gasteiger partial charge in [-0.1, -0.05) is 48.5 Å². The second-order valence-electron chi connectivity index (χ2n) is 7.10. The molecule has 0 saturated heterocycles. The van der Waals surface area contributed by atoms with Crippen LogP contribution in [-0.2, 0) is 11.3 Å². The van der Waals surface area contributed by atoms with Crippen LogP contribution in [0.15, 0.2) is 85.1 Å². The first-order chi connectivity index (χ1) is 15.6. The molecule has 32 heavy (non-hydrogen) atoms. The van der Waals surface area contributed by atoms with E-state index in [9.17, 15) is 9.59 Å². The van der Waals surface area contributed by atoms with E-state index in [1.807, 2.05) is 65.2 Å². The van der Waals surface area contributed by atoms with Crippen molar-refractivity contribution in [2.24, 2.45) is 0 Å². The summed E-state index contributed by atoms with van der Waals surface area (Å²) in [5.74, 6) is -0.468. The molecule has 7 heteroatoms. The van der Waals surface area contributed by atoms with Gasteiger partial charge in [0.15, 0.2) is 6.61 Å². The largest absolute Gasteiger partial charge is 0.484 e. The number of hydrogen-bond donors (Lipinski definition) is 2. The fraction of sp³-hybridized carbons (Fsp3) is 0.0800. The van der Waals surface area contributed by atoms with Gasteiger partial charge in [0.05, 0.1) is 17.2 Å². The number of fused-ring (bicyclic) bond motifs is 1. The molecule has 0 radical (unpaired) electrons. The van der Waals surface area contributed by atoms with Crippen molar-refractivity contribution >= 4 is 22.7 Å². The lowest BCUT2D eigenvalue weighted by molar-refractivity contribution is -0.123. The van der Waals surface area contributed by atoms with E-state index in [0.717, 1.165) is 16.5 Å². The van der Waals surface area contributed by atoms with Crippen LogP contribution >= 0.6 is 0 Å². The number of aromatic nitrogens is 1. The fourth-order valence-corrected chi connectivity index (χ4v) is 3.34. The van der Waals surface area contributed by atoms with E-state index in [4.69, 9.17) is 10.00 Å². The van der Waals surface area contributed by atoms with Gasteiger partial charge in [-0.05, 0) is 35.9 Å². The molecule has 0 aliphatic carbocycles. The molecule has 0 spiro atoms. The Morgan fingerprint density at radius 1 is 0.906 bits per heavy atom. The predicted molar refractivity (Wildman–Crippen MR) is 120 cm³/mol. The highest BCUT2D eigenvalue weighted by Crippen LogP contribution is 2.22. The minimum absolute atomic E-state index is 0.276. The zero-order chi connectivity index (χ0) is 22.3. The molecule has 158 valence electrons. The van der Waals surface area contributed by atoms with Crippen molar-refractivity contribution in [3.8, 4) is 11.8 Å². The van der Waals surface area contributed by atoms with Crippen LogP contribution in [0.1, 0.15) is 21.5 Å². The van der Waals surface area contributed by atoms with Crippen molar-refractivity contribution in [1.29, 1.82) is 5.26 Å². The van der Waals surface area contributed by atoms with Crippen LogP contribution in [0.5, 0.6) is 5.75 Å². The van der Waals surface area contributed by atoms with Crippen LogP contribution in [0.4, 0.5) is 0 Å². The summed E-state index contributed by atoms with van der Waals surface area (Å²) in [6.45, 7) is 0.349. The van der Waals surface area contributed by atoms with Crippen molar-refractivity contribution in [2.45, 2.75) is 6.54 Å². The Morgan fingerprint density at radius 2 is 1.62 bits per heavy atom. The van der Waals surface area contributed by atoms with Crippen LogP contribution in [0.2, 0.25) is 0 Å². The quantitative estimate of drug-likeness (QED) is 0.464. The molecule has 4 aromatic rings. The Hall–Kier alpha value is -4.57. The minimum atomic E-state index is -0.504. The van der Waals surface area contributed by atoms with Crippen molar-refractivity contribution < 1.29 is 14.3 Å². The summed E-state index contributed by atoms with van der Waals surface area (Å²) in [6, 6.07) is 26.0. The molecule has 7 nitrogen and oxygen atoms in total. The molecule has 0 saturated carbocycles. The van der Waals surface area contributed by atoms with E-state index in [1.54, 1.807) is 30.5 Å². The lowest BCUT2D eigenvalue weighted by Gasteiger charge is -2.08. The summed E-state index contributed by atoms with van der Waals surface area (Å²) in [6.07, 6.45) is 1.78. The third-order valence-electron chi connectivity index (χ3n) is 4.90. The van der Waals surface area contributed by atoms with Gasteiger partial charge in [-0.2, -0.15) is 5.26 Å². The Morgan fingerprint density at radius 3 is 2.38 bits per heavy atom. The Bertz CT molecular complexity index is 1290. The smallest absolute Gasteiger partial charge is 0.276 e. The van der Waals surface area contributed by atoms with Crippen molar-refractivity contribution in [3.63, 3.8) is 0 Å². The van der Waals surface area contributed by atoms with Crippen LogP contribution < -0.4 is 15.6 Å². The van der Waals surface area contributed by atoms with Crippen LogP contribution in [0.25, 0.3) is 10.9 Å². The first-order valence-electron chi connectivity index (χ1n) is 9.98. The van der Waals surface area contributed by atoms with Gasteiger partial charge in [0.2, 0.25) is 0 Å². The Labute approximate surface area is 184 Å². The molecular formula is C25H20N4O3. The lowest BCUT2D eigenvalue weighted by Crippen LogP contribution is -2.43. The summed E-state index contributed by atoms with van der Waals surface area (Å²) < 4.78 is 7.38. The van der Waals surface area contributed by atoms with Crippen molar-refractivity contribution in [3.05, 3.63) is 102 Å². The topological polar surface area (TPSA) is 96.2 Å². The molecule has 3 aromatic carbocycles. The van der Waals surface area contributed by atoms with E-state index >= 15 is 0 Å². The summed E-state index contributed by atoms with van der Waals surface area (Å²) >= 11 is 0. The number of nitrogens with one attached hydrogen (secondary N) is 2. The van der Waals surface area contributed by atoms with Gasteiger partial charge in [0.25, 0.3) is 11.8 Å². The molecule has 0 aliphatic heterocycles. The number of carbonyl (C=O) groups excluding carboxylic acids is 2. The van der Waals surface area contributed by atoms with E-state index in [2.05, 4.69) is 10.9 Å². The van der Waals surface area contributed by atoms with Gasteiger partial charge in [0, 0.05) is 23.6 Å². The average molecular weight is 424 g/mol. The molecule has 2 amide bonds. The number of nitrogens with zero attached hydrogens (tertiary/aromatic N) is 2. The van der Waals surface area contributed by atoms with Gasteiger partial charge in [-0.15, -0.1) is 0 Å². The summed E-state index contributed by atoms with van der Waals surface area (Å²) in [5, 5.41) is 9.60. The number of hydrogen-bond acceptors (Lipinski definition) is 4. The number of para-hydroxylation sites is 1. The monoisotopic (exact) mass is 424 g/mol. The number of benzene rings is 3. The van der Waals surface area contributed by atoms with Gasteiger partial charge in [0.1, 0.15) is 5.75 Å². The fourth-order valence-electron chi connectivity index (χ4n) is 3.34. The van der Waals surface area contributed by atoms with E-state index in [-0.39, 0.29) is 6.61 Å². The van der Waals surface area contributed by atoms with Crippen molar-refractivity contribution in [1.82, 2.24) is 15.4 Å². The summed E-state index contributed by atoms with van der Waals surface area (Å²) in [7, 11) is 0. The highest BCUT2D eigenvalue weighted by Gasteiger charge is 2.16. The second-order valence-corrected chi connectivity index (χ2v) is 7.10. The number of nitriles is 1. The molecule has 0 bridgehead atoms. The zero-order valence-corrected chi connectivity index (χ0v) is 17.1. The Kier molecular flexibility index (Phi) is 6.14. The maximum Gasteiger partial charge on any atom is 0.276 e. The first kappa shape index (κ1) is 20.7. The molecule has 0 unspecified atom stereocenters.